The zero-order valence-corrected chi connectivity index (χ0v) is 22.6. The van der Waals surface area contributed by atoms with E-state index < -0.39 is 17.8 Å². The number of carbonyl (C=O) groups is 2. The maximum Gasteiger partial charge on any atom is 0.256 e. The van der Waals surface area contributed by atoms with Crippen molar-refractivity contribution in [2.75, 3.05) is 10.0 Å². The van der Waals surface area contributed by atoms with Gasteiger partial charge in [0.05, 0.1) is 46.3 Å². The third-order valence-electron chi connectivity index (χ3n) is 7.55. The Hall–Kier alpha value is -4.57. The lowest BCUT2D eigenvalue weighted by molar-refractivity contribution is -0.122. The molecule has 2 aliphatic heterocycles. The van der Waals surface area contributed by atoms with Crippen molar-refractivity contribution in [2.24, 2.45) is 22.0 Å². The quantitative estimate of drug-likeness (QED) is 0.378. The Bertz CT molecular complexity index is 1410. The molecule has 0 bridgehead atoms. The summed E-state index contributed by atoms with van der Waals surface area (Å²) in [6, 6.07) is 24.7. The highest BCUT2D eigenvalue weighted by Gasteiger charge is 2.51. The van der Waals surface area contributed by atoms with Crippen LogP contribution in [0, 0.1) is 37.0 Å². The van der Waals surface area contributed by atoms with E-state index in [-0.39, 0.29) is 11.8 Å². The van der Waals surface area contributed by atoms with Crippen LogP contribution in [0.1, 0.15) is 54.9 Å². The van der Waals surface area contributed by atoms with Crippen molar-refractivity contribution in [3.8, 4) is 6.07 Å². The molecule has 39 heavy (non-hydrogen) atoms. The first-order valence-corrected chi connectivity index (χ1v) is 13.3. The zero-order chi connectivity index (χ0) is 27.7. The van der Waals surface area contributed by atoms with Crippen LogP contribution < -0.4 is 10.0 Å². The smallest absolute Gasteiger partial charge is 0.256 e. The van der Waals surface area contributed by atoms with Gasteiger partial charge in [0, 0.05) is 5.92 Å². The second-order valence-electron chi connectivity index (χ2n) is 10.1. The Morgan fingerprint density at radius 1 is 0.718 bits per heavy atom. The maximum absolute atomic E-state index is 14.1. The molecule has 2 aliphatic rings. The van der Waals surface area contributed by atoms with Crippen molar-refractivity contribution in [3.63, 3.8) is 0 Å². The standard InChI is InChI=1S/C32H31N5O2/c1-5-26-29(31(38)36(34-26)24-15-7-20(3)8-16-24)28(23-13-11-22(19-33)12-14-23)30-27(6-2)35-37(32(30)39)25-17-9-21(4)10-18-25/h7-18,28-30H,5-6H2,1-4H3. The third kappa shape index (κ3) is 4.74. The number of aryl methyl sites for hydroxylation is 2. The van der Waals surface area contributed by atoms with E-state index in [0.29, 0.717) is 29.8 Å². The Morgan fingerprint density at radius 2 is 1.13 bits per heavy atom. The Balaban J connectivity index is 1.61. The number of nitriles is 1. The van der Waals surface area contributed by atoms with Crippen LogP contribution >= 0.6 is 0 Å². The highest BCUT2D eigenvalue weighted by atomic mass is 16.2. The highest BCUT2D eigenvalue weighted by molar-refractivity contribution is 6.20. The van der Waals surface area contributed by atoms with Crippen molar-refractivity contribution in [1.82, 2.24) is 0 Å². The van der Waals surface area contributed by atoms with Crippen LogP contribution in [0.2, 0.25) is 0 Å². The number of carbonyl (C=O) groups excluding carboxylic acids is 2. The molecule has 2 atom stereocenters. The van der Waals surface area contributed by atoms with Crippen molar-refractivity contribution >= 4 is 34.6 Å². The van der Waals surface area contributed by atoms with Crippen LogP contribution in [-0.4, -0.2) is 23.2 Å². The number of rotatable bonds is 7. The average molecular weight is 518 g/mol. The summed E-state index contributed by atoms with van der Waals surface area (Å²) in [5.41, 5.74) is 6.36. The molecule has 0 saturated heterocycles. The first-order chi connectivity index (χ1) is 18.9. The number of benzene rings is 3. The van der Waals surface area contributed by atoms with Gasteiger partial charge in [0.2, 0.25) is 0 Å². The number of amides is 2. The van der Waals surface area contributed by atoms with E-state index in [1.54, 1.807) is 12.1 Å². The molecular weight excluding hydrogens is 486 g/mol. The van der Waals surface area contributed by atoms with Crippen LogP contribution in [-0.2, 0) is 9.59 Å². The number of hydrogen-bond acceptors (Lipinski definition) is 5. The van der Waals surface area contributed by atoms with Gasteiger partial charge in [-0.05, 0) is 68.7 Å². The summed E-state index contributed by atoms with van der Waals surface area (Å²) < 4.78 is 0. The van der Waals surface area contributed by atoms with Gasteiger partial charge in [-0.2, -0.15) is 15.5 Å². The highest BCUT2D eigenvalue weighted by Crippen LogP contribution is 2.43. The van der Waals surface area contributed by atoms with Gasteiger partial charge >= 0.3 is 0 Å². The van der Waals surface area contributed by atoms with Gasteiger partial charge in [-0.3, -0.25) is 9.59 Å². The van der Waals surface area contributed by atoms with E-state index in [1.165, 1.54) is 10.0 Å². The second-order valence-corrected chi connectivity index (χ2v) is 10.1. The van der Waals surface area contributed by atoms with E-state index in [2.05, 4.69) is 6.07 Å². The summed E-state index contributed by atoms with van der Waals surface area (Å²) >= 11 is 0. The van der Waals surface area contributed by atoms with Crippen molar-refractivity contribution in [3.05, 3.63) is 95.1 Å². The normalized spacial score (nSPS) is 19.7. The summed E-state index contributed by atoms with van der Waals surface area (Å²) in [7, 11) is 0. The molecule has 0 aliphatic carbocycles. The van der Waals surface area contributed by atoms with Gasteiger partial charge in [0.25, 0.3) is 11.8 Å². The molecule has 7 nitrogen and oxygen atoms in total. The molecule has 7 heteroatoms. The molecule has 5 rings (SSSR count). The molecule has 3 aromatic carbocycles. The molecule has 196 valence electrons. The first-order valence-electron chi connectivity index (χ1n) is 13.3. The summed E-state index contributed by atoms with van der Waals surface area (Å²) in [6.45, 7) is 7.96. The lowest BCUT2D eigenvalue weighted by Gasteiger charge is -2.29. The fraction of sp³-hybridized carbons (Fsp3) is 0.281. The van der Waals surface area contributed by atoms with Crippen LogP contribution in [0.3, 0.4) is 0 Å². The third-order valence-corrected chi connectivity index (χ3v) is 7.55. The van der Waals surface area contributed by atoms with E-state index in [1.807, 2.05) is 88.4 Å². The molecule has 2 amide bonds. The first kappa shape index (κ1) is 26.1. The number of anilines is 2. The fourth-order valence-electron chi connectivity index (χ4n) is 5.43. The van der Waals surface area contributed by atoms with E-state index in [4.69, 9.17) is 10.2 Å². The molecule has 2 heterocycles. The topological polar surface area (TPSA) is 89.1 Å². The monoisotopic (exact) mass is 517 g/mol. The van der Waals surface area contributed by atoms with Crippen molar-refractivity contribution in [1.29, 1.82) is 5.26 Å². The molecular formula is C32H31N5O2. The SMILES string of the molecule is CCC1=NN(c2ccc(C)cc2)C(=O)C1C(c1ccc(C#N)cc1)C1C(=O)N(c2ccc(C)cc2)N=C1CC. The Labute approximate surface area is 229 Å². The van der Waals surface area contributed by atoms with Crippen LogP contribution in [0.25, 0.3) is 0 Å². The molecule has 0 fully saturated rings. The minimum atomic E-state index is -0.645. The van der Waals surface area contributed by atoms with Gasteiger partial charge < -0.3 is 0 Å². The fourth-order valence-corrected chi connectivity index (χ4v) is 5.43. The summed E-state index contributed by atoms with van der Waals surface area (Å²) in [5, 5.41) is 21.9. The largest absolute Gasteiger partial charge is 0.272 e. The Kier molecular flexibility index (Phi) is 7.12. The average Bonchev–Trinajstić information content (AvgIpc) is 3.47. The predicted octanol–water partition coefficient (Wildman–Crippen LogP) is 6.12. The molecule has 0 spiro atoms. The van der Waals surface area contributed by atoms with Gasteiger partial charge in [0.15, 0.2) is 0 Å². The van der Waals surface area contributed by atoms with Gasteiger partial charge in [-0.15, -0.1) is 0 Å². The van der Waals surface area contributed by atoms with Crippen molar-refractivity contribution < 1.29 is 9.59 Å². The molecule has 0 aromatic heterocycles. The number of hydrazone groups is 2. The predicted molar refractivity (Wildman–Crippen MR) is 154 cm³/mol. The minimum Gasteiger partial charge on any atom is -0.272 e. The number of nitrogens with zero attached hydrogens (tertiary/aromatic N) is 5. The van der Waals surface area contributed by atoms with Gasteiger partial charge in [0.1, 0.15) is 0 Å². The van der Waals surface area contributed by atoms with Crippen LogP contribution in [0.15, 0.2) is 83.0 Å². The molecule has 3 aromatic rings. The molecule has 0 radical (unpaired) electrons. The van der Waals surface area contributed by atoms with Gasteiger partial charge in [-0.25, -0.2) is 10.0 Å². The zero-order valence-electron chi connectivity index (χ0n) is 22.6. The maximum atomic E-state index is 14.1. The van der Waals surface area contributed by atoms with E-state index in [0.717, 1.165) is 28.1 Å². The van der Waals surface area contributed by atoms with E-state index in [9.17, 15) is 14.9 Å². The van der Waals surface area contributed by atoms with Crippen LogP contribution in [0.5, 0.6) is 0 Å². The van der Waals surface area contributed by atoms with Crippen molar-refractivity contribution in [2.45, 2.75) is 46.5 Å². The summed E-state index contributed by atoms with van der Waals surface area (Å²) in [6.07, 6.45) is 1.12. The van der Waals surface area contributed by atoms with E-state index >= 15 is 0 Å². The van der Waals surface area contributed by atoms with Gasteiger partial charge in [-0.1, -0.05) is 61.4 Å². The summed E-state index contributed by atoms with van der Waals surface area (Å²) in [4.78, 5) is 28.3. The molecule has 0 saturated carbocycles. The lowest BCUT2D eigenvalue weighted by atomic mass is 9.71. The second kappa shape index (κ2) is 10.7. The molecule has 0 N–H and O–H groups in total. The Morgan fingerprint density at radius 3 is 1.49 bits per heavy atom. The lowest BCUT2D eigenvalue weighted by Crippen LogP contribution is -2.40. The molecule has 2 unspecified atom stereocenters. The van der Waals surface area contributed by atoms with Crippen LogP contribution in [0.4, 0.5) is 11.4 Å². The summed E-state index contributed by atoms with van der Waals surface area (Å²) in [5.74, 6) is -2.15. The number of hydrogen-bond donors (Lipinski definition) is 0. The minimum absolute atomic E-state index is 0.165.